The summed E-state index contributed by atoms with van der Waals surface area (Å²) in [5.41, 5.74) is 1.27. The van der Waals surface area contributed by atoms with Crippen LogP contribution in [0.15, 0.2) is 54.9 Å². The second kappa shape index (κ2) is 8.20. The first-order valence-electron chi connectivity index (χ1n) is 7.91. The van der Waals surface area contributed by atoms with Crippen molar-refractivity contribution in [1.29, 1.82) is 0 Å². The fraction of sp³-hybridized carbons (Fsp3) is 0.111. The Morgan fingerprint density at radius 3 is 2.41 bits per heavy atom. The summed E-state index contributed by atoms with van der Waals surface area (Å²) in [7, 11) is 1.74. The average molecular weight is 404 g/mol. The molecule has 0 fully saturated rings. The average Bonchev–Trinajstić information content (AvgIpc) is 2.61. The van der Waals surface area contributed by atoms with Crippen LogP contribution in [-0.4, -0.2) is 21.9 Å². The molecule has 1 heterocycles. The summed E-state index contributed by atoms with van der Waals surface area (Å²) in [6, 6.07) is 14.4. The normalized spacial score (nSPS) is 10.5. The van der Waals surface area contributed by atoms with Crippen LogP contribution in [0.4, 0.5) is 23.0 Å². The first-order chi connectivity index (χ1) is 12.9. The van der Waals surface area contributed by atoms with Crippen molar-refractivity contribution in [2.75, 3.05) is 17.3 Å². The van der Waals surface area contributed by atoms with Crippen molar-refractivity contribution < 1.29 is 4.92 Å². The summed E-state index contributed by atoms with van der Waals surface area (Å²) in [4.78, 5) is 21.1. The topological polar surface area (TPSA) is 84.2 Å². The smallest absolute Gasteiger partial charge is 0.349 e. The van der Waals surface area contributed by atoms with Gasteiger partial charge in [-0.3, -0.25) is 10.1 Å². The summed E-state index contributed by atoms with van der Waals surface area (Å²) in [5, 5.41) is 15.4. The molecule has 0 unspecified atom stereocenters. The summed E-state index contributed by atoms with van der Waals surface area (Å²) < 4.78 is 0. The maximum atomic E-state index is 11.7. The molecule has 0 saturated heterocycles. The quantitative estimate of drug-likeness (QED) is 0.456. The minimum atomic E-state index is -0.509. The molecular formula is C18H15Cl2N5O2. The molecule has 1 N–H and O–H groups in total. The number of nitro groups is 1. The zero-order valence-corrected chi connectivity index (χ0v) is 15.8. The van der Waals surface area contributed by atoms with E-state index in [-0.39, 0.29) is 17.3 Å². The molecule has 7 nitrogen and oxygen atoms in total. The number of anilines is 3. The van der Waals surface area contributed by atoms with Crippen LogP contribution >= 0.6 is 23.2 Å². The van der Waals surface area contributed by atoms with Gasteiger partial charge in [0, 0.05) is 29.3 Å². The molecule has 2 aromatic carbocycles. The minimum Gasteiger partial charge on any atom is -0.349 e. The van der Waals surface area contributed by atoms with Gasteiger partial charge in [0.15, 0.2) is 0 Å². The van der Waals surface area contributed by atoms with Gasteiger partial charge >= 0.3 is 5.69 Å². The van der Waals surface area contributed by atoms with Crippen molar-refractivity contribution in [1.82, 2.24) is 9.97 Å². The van der Waals surface area contributed by atoms with Crippen molar-refractivity contribution in [2.45, 2.75) is 6.54 Å². The molecule has 0 amide bonds. The number of hydrogen-bond donors (Lipinski definition) is 1. The molecule has 0 aliphatic heterocycles. The second-order valence-corrected chi connectivity index (χ2v) is 6.65. The summed E-state index contributed by atoms with van der Waals surface area (Å²) in [6.45, 7) is 0.459. The van der Waals surface area contributed by atoms with E-state index in [0.717, 1.165) is 5.56 Å². The Balaban J connectivity index is 1.96. The van der Waals surface area contributed by atoms with Crippen molar-refractivity contribution in [3.05, 3.63) is 80.6 Å². The van der Waals surface area contributed by atoms with Crippen molar-refractivity contribution >= 4 is 46.2 Å². The fourth-order valence-electron chi connectivity index (χ4n) is 2.60. The fourth-order valence-corrected chi connectivity index (χ4v) is 3.13. The SMILES string of the molecule is CN(Cc1ccccc1)c1ncnc(Nc2cc(Cl)cc(Cl)c2)c1[N+](=O)[O-]. The van der Waals surface area contributed by atoms with Crippen molar-refractivity contribution in [2.24, 2.45) is 0 Å². The lowest BCUT2D eigenvalue weighted by atomic mass is 10.2. The Bertz CT molecular complexity index is 949. The Morgan fingerprint density at radius 1 is 1.11 bits per heavy atom. The molecule has 0 atom stereocenters. The molecule has 0 radical (unpaired) electrons. The van der Waals surface area contributed by atoms with Gasteiger partial charge < -0.3 is 10.2 Å². The Hall–Kier alpha value is -2.90. The maximum Gasteiger partial charge on any atom is 0.353 e. The molecule has 3 aromatic rings. The van der Waals surface area contributed by atoms with E-state index in [0.29, 0.717) is 22.3 Å². The Labute approximate surface area is 165 Å². The number of nitrogens with zero attached hydrogens (tertiary/aromatic N) is 4. The second-order valence-electron chi connectivity index (χ2n) is 5.78. The van der Waals surface area contributed by atoms with E-state index < -0.39 is 4.92 Å². The molecule has 0 aliphatic carbocycles. The van der Waals surface area contributed by atoms with Crippen molar-refractivity contribution in [3.8, 4) is 0 Å². The van der Waals surface area contributed by atoms with E-state index in [1.165, 1.54) is 6.33 Å². The van der Waals surface area contributed by atoms with Crippen LogP contribution in [0.1, 0.15) is 5.56 Å². The molecule has 0 bridgehead atoms. The number of halogens is 2. The van der Waals surface area contributed by atoms with Gasteiger partial charge in [-0.25, -0.2) is 9.97 Å². The predicted octanol–water partition coefficient (Wildman–Crippen LogP) is 5.07. The molecule has 1 aromatic heterocycles. The molecular weight excluding hydrogens is 389 g/mol. The van der Waals surface area contributed by atoms with Crippen LogP contribution in [-0.2, 0) is 6.54 Å². The lowest BCUT2D eigenvalue weighted by Crippen LogP contribution is -2.20. The summed E-state index contributed by atoms with van der Waals surface area (Å²) in [6.07, 6.45) is 1.28. The van der Waals surface area contributed by atoms with Crippen LogP contribution in [0.25, 0.3) is 0 Å². The zero-order chi connectivity index (χ0) is 19.4. The molecule has 3 rings (SSSR count). The van der Waals surface area contributed by atoms with Crippen molar-refractivity contribution in [3.63, 3.8) is 0 Å². The van der Waals surface area contributed by atoms with Crippen LogP contribution in [0.2, 0.25) is 10.0 Å². The first-order valence-corrected chi connectivity index (χ1v) is 8.67. The number of hydrogen-bond acceptors (Lipinski definition) is 6. The third kappa shape index (κ3) is 4.64. The summed E-state index contributed by atoms with van der Waals surface area (Å²) >= 11 is 12.0. The highest BCUT2D eigenvalue weighted by molar-refractivity contribution is 6.35. The lowest BCUT2D eigenvalue weighted by Gasteiger charge is -2.19. The van der Waals surface area contributed by atoms with E-state index in [1.807, 2.05) is 30.3 Å². The van der Waals surface area contributed by atoms with Gasteiger partial charge in [-0.2, -0.15) is 0 Å². The highest BCUT2D eigenvalue weighted by atomic mass is 35.5. The van der Waals surface area contributed by atoms with Crippen LogP contribution < -0.4 is 10.2 Å². The van der Waals surface area contributed by atoms with Gasteiger partial charge in [-0.1, -0.05) is 53.5 Å². The third-order valence-corrected chi connectivity index (χ3v) is 4.17. The monoisotopic (exact) mass is 403 g/mol. The van der Waals surface area contributed by atoms with Gasteiger partial charge in [0.05, 0.1) is 4.92 Å². The van der Waals surface area contributed by atoms with Crippen LogP contribution in [0.3, 0.4) is 0 Å². The van der Waals surface area contributed by atoms with E-state index in [2.05, 4.69) is 15.3 Å². The maximum absolute atomic E-state index is 11.7. The van der Waals surface area contributed by atoms with Gasteiger partial charge in [0.25, 0.3) is 0 Å². The Morgan fingerprint density at radius 2 is 1.78 bits per heavy atom. The standard InChI is InChI=1S/C18H15Cl2N5O2/c1-24(10-12-5-3-2-4-6-12)18-16(25(26)27)17(21-11-22-18)23-15-8-13(19)7-14(20)9-15/h2-9,11H,10H2,1H3,(H,21,22,23). The number of aromatic nitrogens is 2. The van der Waals surface area contributed by atoms with E-state index in [4.69, 9.17) is 23.2 Å². The minimum absolute atomic E-state index is 0.0586. The summed E-state index contributed by atoms with van der Waals surface area (Å²) in [5.74, 6) is 0.262. The third-order valence-electron chi connectivity index (χ3n) is 3.73. The number of rotatable bonds is 6. The molecule has 0 spiro atoms. The number of nitrogens with one attached hydrogen (secondary N) is 1. The molecule has 0 aliphatic rings. The van der Waals surface area contributed by atoms with E-state index in [1.54, 1.807) is 30.1 Å². The van der Waals surface area contributed by atoms with E-state index in [9.17, 15) is 10.1 Å². The molecule has 9 heteroatoms. The highest BCUT2D eigenvalue weighted by Crippen LogP contribution is 2.34. The first kappa shape index (κ1) is 18.9. The largest absolute Gasteiger partial charge is 0.353 e. The van der Waals surface area contributed by atoms with Gasteiger partial charge in [-0.05, 0) is 23.8 Å². The van der Waals surface area contributed by atoms with Crippen LogP contribution in [0, 0.1) is 10.1 Å². The predicted molar refractivity (Wildman–Crippen MR) is 107 cm³/mol. The number of benzene rings is 2. The van der Waals surface area contributed by atoms with Gasteiger partial charge in [0.2, 0.25) is 11.6 Å². The molecule has 138 valence electrons. The highest BCUT2D eigenvalue weighted by Gasteiger charge is 2.26. The molecule has 27 heavy (non-hydrogen) atoms. The van der Waals surface area contributed by atoms with Gasteiger partial charge in [0.1, 0.15) is 6.33 Å². The van der Waals surface area contributed by atoms with Gasteiger partial charge in [-0.15, -0.1) is 0 Å². The molecule has 0 saturated carbocycles. The van der Waals surface area contributed by atoms with Crippen LogP contribution in [0.5, 0.6) is 0 Å². The lowest BCUT2D eigenvalue weighted by molar-refractivity contribution is -0.383. The zero-order valence-electron chi connectivity index (χ0n) is 14.3. The van der Waals surface area contributed by atoms with E-state index >= 15 is 0 Å². The Kier molecular flexibility index (Phi) is 5.73.